The maximum atomic E-state index is 12.7. The van der Waals surface area contributed by atoms with Crippen LogP contribution in [0.3, 0.4) is 0 Å². The summed E-state index contributed by atoms with van der Waals surface area (Å²) in [5.74, 6) is 0.184. The molecule has 0 heterocycles. The molecule has 0 atom stereocenters. The topological polar surface area (TPSA) is 50.4 Å². The van der Waals surface area contributed by atoms with Crippen molar-refractivity contribution in [2.45, 2.75) is 25.9 Å². The molecule has 0 saturated heterocycles. The van der Waals surface area contributed by atoms with Crippen LogP contribution in [0.15, 0.2) is 48.5 Å². The van der Waals surface area contributed by atoms with Gasteiger partial charge in [0.2, 0.25) is 0 Å². The third-order valence-electron chi connectivity index (χ3n) is 3.56. The van der Waals surface area contributed by atoms with E-state index in [9.17, 15) is 18.0 Å². The molecule has 0 unspecified atom stereocenters. The van der Waals surface area contributed by atoms with E-state index in [1.165, 1.54) is 12.1 Å². The van der Waals surface area contributed by atoms with Gasteiger partial charge in [-0.05, 0) is 61.1 Å². The highest BCUT2D eigenvalue weighted by Gasteiger charge is 2.30. The third kappa shape index (κ3) is 6.56. The molecule has 144 valence electrons. The van der Waals surface area contributed by atoms with Gasteiger partial charge in [-0.25, -0.2) is 0 Å². The quantitative estimate of drug-likeness (QED) is 0.532. The number of unbranched alkanes of at least 4 members (excludes halogenated alkanes) is 1. The van der Waals surface area contributed by atoms with E-state index in [1.807, 2.05) is 0 Å². The van der Waals surface area contributed by atoms with Crippen LogP contribution in [-0.4, -0.2) is 17.6 Å². The van der Waals surface area contributed by atoms with Gasteiger partial charge in [0.05, 0.1) is 12.2 Å². The van der Waals surface area contributed by atoms with Crippen LogP contribution in [0.2, 0.25) is 0 Å². The van der Waals surface area contributed by atoms with Gasteiger partial charge < -0.3 is 10.1 Å². The Labute approximate surface area is 160 Å². The molecular formula is C19H19F3N2O2S. The maximum Gasteiger partial charge on any atom is 0.416 e. The van der Waals surface area contributed by atoms with Gasteiger partial charge in [0.25, 0.3) is 5.91 Å². The Morgan fingerprint density at radius 2 is 1.85 bits per heavy atom. The Morgan fingerprint density at radius 1 is 1.15 bits per heavy atom. The van der Waals surface area contributed by atoms with Crippen molar-refractivity contribution < 1.29 is 22.7 Å². The van der Waals surface area contributed by atoms with Crippen molar-refractivity contribution in [3.05, 3.63) is 59.7 Å². The predicted molar refractivity (Wildman–Crippen MR) is 102 cm³/mol. The first-order valence-corrected chi connectivity index (χ1v) is 8.73. The molecule has 0 bridgehead atoms. The molecule has 1 amide bonds. The molecule has 0 saturated carbocycles. The molecule has 0 aliphatic carbocycles. The van der Waals surface area contributed by atoms with E-state index in [4.69, 9.17) is 17.0 Å². The lowest BCUT2D eigenvalue weighted by Gasteiger charge is -2.12. The average molecular weight is 396 g/mol. The fraction of sp³-hybridized carbons (Fsp3) is 0.263. The smallest absolute Gasteiger partial charge is 0.416 e. The van der Waals surface area contributed by atoms with Crippen molar-refractivity contribution >= 4 is 28.9 Å². The summed E-state index contributed by atoms with van der Waals surface area (Å²) in [7, 11) is 0. The van der Waals surface area contributed by atoms with Crippen molar-refractivity contribution in [2.24, 2.45) is 0 Å². The third-order valence-corrected chi connectivity index (χ3v) is 3.76. The Bertz CT molecular complexity index is 792. The molecule has 2 aromatic carbocycles. The van der Waals surface area contributed by atoms with Crippen LogP contribution in [0, 0.1) is 0 Å². The largest absolute Gasteiger partial charge is 0.494 e. The highest BCUT2D eigenvalue weighted by molar-refractivity contribution is 7.80. The number of halogens is 3. The lowest BCUT2D eigenvalue weighted by atomic mass is 10.2. The fourth-order valence-corrected chi connectivity index (χ4v) is 2.36. The number of anilines is 1. The van der Waals surface area contributed by atoms with Crippen molar-refractivity contribution in [1.29, 1.82) is 0 Å². The zero-order chi connectivity index (χ0) is 19.9. The van der Waals surface area contributed by atoms with E-state index in [2.05, 4.69) is 17.6 Å². The van der Waals surface area contributed by atoms with Gasteiger partial charge in [-0.3, -0.25) is 10.1 Å². The fourth-order valence-electron chi connectivity index (χ4n) is 2.15. The Balaban J connectivity index is 1.93. The number of carbonyl (C=O) groups is 1. The van der Waals surface area contributed by atoms with Crippen LogP contribution in [-0.2, 0) is 6.18 Å². The minimum absolute atomic E-state index is 0.0948. The summed E-state index contributed by atoms with van der Waals surface area (Å²) in [6.45, 7) is 2.67. The molecule has 2 rings (SSSR count). The van der Waals surface area contributed by atoms with Gasteiger partial charge >= 0.3 is 6.18 Å². The predicted octanol–water partition coefficient (Wildman–Crippen LogP) is 5.01. The second kappa shape index (κ2) is 9.36. The lowest BCUT2D eigenvalue weighted by molar-refractivity contribution is -0.137. The molecule has 0 aliphatic rings. The number of amides is 1. The standard InChI is InChI=1S/C19H19F3N2O2S/c1-2-3-11-26-16-9-7-13(8-10-16)17(25)24-18(27)23-15-6-4-5-14(12-15)19(20,21)22/h4-10,12H,2-3,11H2,1H3,(H2,23,24,25,27). The van der Waals surface area contributed by atoms with E-state index in [0.717, 1.165) is 25.0 Å². The van der Waals surface area contributed by atoms with Gasteiger partial charge in [-0.2, -0.15) is 13.2 Å². The highest BCUT2D eigenvalue weighted by atomic mass is 32.1. The molecule has 2 aromatic rings. The number of ether oxygens (including phenoxy) is 1. The van der Waals surface area contributed by atoms with Gasteiger partial charge in [0.1, 0.15) is 5.75 Å². The molecule has 27 heavy (non-hydrogen) atoms. The van der Waals surface area contributed by atoms with Gasteiger partial charge in [-0.1, -0.05) is 19.4 Å². The highest BCUT2D eigenvalue weighted by Crippen LogP contribution is 2.30. The van der Waals surface area contributed by atoms with Gasteiger partial charge in [0.15, 0.2) is 5.11 Å². The van der Waals surface area contributed by atoms with E-state index in [1.54, 1.807) is 24.3 Å². The lowest BCUT2D eigenvalue weighted by Crippen LogP contribution is -2.34. The zero-order valence-corrected chi connectivity index (χ0v) is 15.4. The average Bonchev–Trinajstić information content (AvgIpc) is 2.62. The first kappa shape index (κ1) is 20.7. The number of nitrogens with one attached hydrogen (secondary N) is 2. The van der Waals surface area contributed by atoms with Gasteiger partial charge in [-0.15, -0.1) is 0 Å². The number of hydrogen-bond donors (Lipinski definition) is 2. The van der Waals surface area contributed by atoms with Crippen LogP contribution in [0.4, 0.5) is 18.9 Å². The summed E-state index contributed by atoms with van der Waals surface area (Å²) >= 11 is 5.00. The Morgan fingerprint density at radius 3 is 2.48 bits per heavy atom. The summed E-state index contributed by atoms with van der Waals surface area (Å²) in [5.41, 5.74) is -0.318. The second-order valence-corrected chi connectivity index (χ2v) is 6.12. The molecule has 2 N–H and O–H groups in total. The first-order valence-electron chi connectivity index (χ1n) is 8.32. The molecular weight excluding hydrogens is 377 g/mol. The van der Waals surface area contributed by atoms with E-state index in [-0.39, 0.29) is 10.8 Å². The number of thiocarbonyl (C=S) groups is 1. The summed E-state index contributed by atoms with van der Waals surface area (Å²) in [6, 6.07) is 11.1. The van der Waals surface area contributed by atoms with Crippen LogP contribution >= 0.6 is 12.2 Å². The van der Waals surface area contributed by atoms with E-state index in [0.29, 0.717) is 17.9 Å². The first-order chi connectivity index (χ1) is 12.8. The molecule has 0 aliphatic heterocycles. The Hall–Kier alpha value is -2.61. The number of alkyl halides is 3. The van der Waals surface area contributed by atoms with Crippen LogP contribution in [0.25, 0.3) is 0 Å². The molecule has 8 heteroatoms. The van der Waals surface area contributed by atoms with Crippen molar-refractivity contribution in [1.82, 2.24) is 5.32 Å². The zero-order valence-electron chi connectivity index (χ0n) is 14.6. The summed E-state index contributed by atoms with van der Waals surface area (Å²) < 4.78 is 43.7. The summed E-state index contributed by atoms with van der Waals surface area (Å²) in [5, 5.41) is 4.91. The van der Waals surface area contributed by atoms with Crippen molar-refractivity contribution in [3.8, 4) is 5.75 Å². The Kier molecular flexibility index (Phi) is 7.18. The van der Waals surface area contributed by atoms with Crippen molar-refractivity contribution in [3.63, 3.8) is 0 Å². The number of benzene rings is 2. The van der Waals surface area contributed by atoms with Crippen LogP contribution < -0.4 is 15.4 Å². The molecule has 0 aromatic heterocycles. The maximum absolute atomic E-state index is 12.7. The van der Waals surface area contributed by atoms with Gasteiger partial charge in [0, 0.05) is 11.3 Å². The second-order valence-electron chi connectivity index (χ2n) is 5.71. The summed E-state index contributed by atoms with van der Waals surface area (Å²) in [4.78, 5) is 12.2. The molecule has 0 radical (unpaired) electrons. The minimum Gasteiger partial charge on any atom is -0.494 e. The van der Waals surface area contributed by atoms with Crippen LogP contribution in [0.1, 0.15) is 35.7 Å². The monoisotopic (exact) mass is 396 g/mol. The number of hydrogen-bond acceptors (Lipinski definition) is 3. The van der Waals surface area contributed by atoms with E-state index >= 15 is 0 Å². The van der Waals surface area contributed by atoms with E-state index < -0.39 is 17.6 Å². The molecule has 0 fully saturated rings. The minimum atomic E-state index is -4.45. The summed E-state index contributed by atoms with van der Waals surface area (Å²) in [6.07, 6.45) is -2.49. The SMILES string of the molecule is CCCCOc1ccc(C(=O)NC(=S)Nc2cccc(C(F)(F)F)c2)cc1. The van der Waals surface area contributed by atoms with Crippen LogP contribution in [0.5, 0.6) is 5.75 Å². The molecule has 0 spiro atoms. The van der Waals surface area contributed by atoms with Crippen molar-refractivity contribution in [2.75, 3.05) is 11.9 Å². The molecule has 4 nitrogen and oxygen atoms in total. The normalized spacial score (nSPS) is 11.0. The number of rotatable bonds is 6. The number of carbonyl (C=O) groups excluding carboxylic acids is 1.